The molecule has 0 aliphatic carbocycles. The van der Waals surface area contributed by atoms with E-state index in [1.165, 1.54) is 12.1 Å². The number of likely N-dealkylation sites (tertiary alicyclic amines) is 1. The van der Waals surface area contributed by atoms with Gasteiger partial charge >= 0.3 is 6.18 Å². The zero-order chi connectivity index (χ0) is 18.7. The third-order valence-electron chi connectivity index (χ3n) is 4.48. The van der Waals surface area contributed by atoms with E-state index in [1.807, 2.05) is 0 Å². The first-order valence-electron chi connectivity index (χ1n) is 8.20. The molecule has 8 heteroatoms. The standard InChI is InChI=1S/C18H18F3N3O2/c19-18(20,21)14-3-1-12(2-4-14)7-17(26)24-10-13(16(25)11-24)8-15-9-22-5-6-23-15/h1-6,9,13,16,25H,7-8,10-11H2/t13-,16-/m1/s1. The summed E-state index contributed by atoms with van der Waals surface area (Å²) in [7, 11) is 0. The molecule has 1 amide bonds. The van der Waals surface area contributed by atoms with Gasteiger partial charge in [-0.1, -0.05) is 12.1 Å². The number of aromatic nitrogens is 2. The first-order chi connectivity index (χ1) is 12.3. The fraction of sp³-hybridized carbons (Fsp3) is 0.389. The van der Waals surface area contributed by atoms with E-state index in [9.17, 15) is 23.1 Å². The van der Waals surface area contributed by atoms with Crippen LogP contribution in [0.2, 0.25) is 0 Å². The van der Waals surface area contributed by atoms with Gasteiger partial charge in [-0.25, -0.2) is 0 Å². The van der Waals surface area contributed by atoms with Crippen LogP contribution in [0.4, 0.5) is 13.2 Å². The SMILES string of the molecule is O=C(Cc1ccc(C(F)(F)F)cc1)N1C[C@@H](Cc2cnccn2)[C@H](O)C1. The van der Waals surface area contributed by atoms with Crippen molar-refractivity contribution in [3.63, 3.8) is 0 Å². The van der Waals surface area contributed by atoms with Crippen LogP contribution in [0.25, 0.3) is 0 Å². The van der Waals surface area contributed by atoms with Crippen LogP contribution >= 0.6 is 0 Å². The molecule has 2 heterocycles. The molecule has 0 saturated carbocycles. The molecule has 0 bridgehead atoms. The second-order valence-corrected chi connectivity index (χ2v) is 6.40. The number of aliphatic hydroxyl groups excluding tert-OH is 1. The average molecular weight is 365 g/mol. The van der Waals surface area contributed by atoms with Gasteiger partial charge in [0, 0.05) is 37.6 Å². The highest BCUT2D eigenvalue weighted by molar-refractivity contribution is 5.79. The Bertz CT molecular complexity index is 751. The molecular weight excluding hydrogens is 347 g/mol. The zero-order valence-corrected chi connectivity index (χ0v) is 13.9. The smallest absolute Gasteiger partial charge is 0.391 e. The average Bonchev–Trinajstić information content (AvgIpc) is 2.96. The summed E-state index contributed by atoms with van der Waals surface area (Å²) in [6.45, 7) is 0.599. The third-order valence-corrected chi connectivity index (χ3v) is 4.48. The van der Waals surface area contributed by atoms with E-state index in [-0.39, 0.29) is 24.8 Å². The summed E-state index contributed by atoms with van der Waals surface area (Å²) < 4.78 is 37.7. The van der Waals surface area contributed by atoms with Crippen LogP contribution in [0.5, 0.6) is 0 Å². The number of hydrogen-bond donors (Lipinski definition) is 1. The minimum absolute atomic E-state index is 0.00270. The first kappa shape index (κ1) is 18.3. The number of aliphatic hydroxyl groups is 1. The molecule has 2 aromatic rings. The Morgan fingerprint density at radius 2 is 1.92 bits per heavy atom. The molecule has 1 aliphatic heterocycles. The molecule has 1 saturated heterocycles. The molecule has 1 N–H and O–H groups in total. The van der Waals surface area contributed by atoms with E-state index in [0.29, 0.717) is 18.5 Å². The van der Waals surface area contributed by atoms with E-state index >= 15 is 0 Å². The van der Waals surface area contributed by atoms with Crippen molar-refractivity contribution in [2.75, 3.05) is 13.1 Å². The van der Waals surface area contributed by atoms with Crippen molar-refractivity contribution in [1.82, 2.24) is 14.9 Å². The van der Waals surface area contributed by atoms with Crippen LogP contribution in [0.3, 0.4) is 0 Å². The summed E-state index contributed by atoms with van der Waals surface area (Å²) in [5, 5.41) is 10.2. The Kier molecular flexibility index (Phi) is 5.22. The number of hydrogen-bond acceptors (Lipinski definition) is 4. The Labute approximate surface area is 148 Å². The van der Waals surface area contributed by atoms with Crippen LogP contribution in [-0.2, 0) is 23.8 Å². The first-order valence-corrected chi connectivity index (χ1v) is 8.20. The predicted octanol–water partition coefficient (Wildman–Crippen LogP) is 2.10. The highest BCUT2D eigenvalue weighted by Crippen LogP contribution is 2.29. The molecule has 0 unspecified atom stereocenters. The Hall–Kier alpha value is -2.48. The van der Waals surface area contributed by atoms with E-state index in [1.54, 1.807) is 23.5 Å². The lowest BCUT2D eigenvalue weighted by atomic mass is 10.0. The van der Waals surface area contributed by atoms with Crippen LogP contribution in [0.15, 0.2) is 42.9 Å². The molecular formula is C18H18F3N3O2. The largest absolute Gasteiger partial charge is 0.416 e. The Morgan fingerprint density at radius 1 is 1.19 bits per heavy atom. The van der Waals surface area contributed by atoms with Crippen LogP contribution in [-0.4, -0.2) is 45.1 Å². The number of carbonyl (C=O) groups excluding carboxylic acids is 1. The van der Waals surface area contributed by atoms with Crippen molar-refractivity contribution >= 4 is 5.91 Å². The Balaban J connectivity index is 1.58. The summed E-state index contributed by atoms with van der Waals surface area (Å²) >= 11 is 0. The lowest BCUT2D eigenvalue weighted by Crippen LogP contribution is -2.31. The third kappa shape index (κ3) is 4.37. The number of amides is 1. The highest BCUT2D eigenvalue weighted by atomic mass is 19.4. The molecule has 26 heavy (non-hydrogen) atoms. The summed E-state index contributed by atoms with van der Waals surface area (Å²) in [6.07, 6.45) is 0.225. The van der Waals surface area contributed by atoms with Crippen molar-refractivity contribution in [3.05, 3.63) is 59.7 Å². The molecule has 138 valence electrons. The molecule has 1 aliphatic rings. The second kappa shape index (κ2) is 7.41. The van der Waals surface area contributed by atoms with Crippen LogP contribution in [0.1, 0.15) is 16.8 Å². The van der Waals surface area contributed by atoms with Gasteiger partial charge in [0.05, 0.1) is 23.8 Å². The maximum Gasteiger partial charge on any atom is 0.416 e. The van der Waals surface area contributed by atoms with E-state index in [0.717, 1.165) is 17.8 Å². The monoisotopic (exact) mass is 365 g/mol. The van der Waals surface area contributed by atoms with Crippen molar-refractivity contribution in [1.29, 1.82) is 0 Å². The van der Waals surface area contributed by atoms with E-state index in [2.05, 4.69) is 9.97 Å². The maximum absolute atomic E-state index is 12.6. The number of halogens is 3. The summed E-state index contributed by atoms with van der Waals surface area (Å²) in [5.74, 6) is -0.353. The van der Waals surface area contributed by atoms with Crippen molar-refractivity contribution in [2.45, 2.75) is 25.1 Å². The van der Waals surface area contributed by atoms with Gasteiger partial charge in [-0.05, 0) is 24.1 Å². The summed E-state index contributed by atoms with van der Waals surface area (Å²) in [5.41, 5.74) is 0.512. The fourth-order valence-electron chi connectivity index (χ4n) is 3.06. The second-order valence-electron chi connectivity index (χ2n) is 6.40. The predicted molar refractivity (Wildman–Crippen MR) is 87.0 cm³/mol. The molecule has 2 atom stereocenters. The molecule has 3 rings (SSSR count). The molecule has 0 radical (unpaired) electrons. The number of rotatable bonds is 4. The number of benzene rings is 1. The quantitative estimate of drug-likeness (QED) is 0.901. The van der Waals surface area contributed by atoms with Gasteiger partial charge in [-0.3, -0.25) is 14.8 Å². The minimum atomic E-state index is -4.39. The van der Waals surface area contributed by atoms with Gasteiger partial charge < -0.3 is 10.0 Å². The van der Waals surface area contributed by atoms with Crippen molar-refractivity contribution in [2.24, 2.45) is 5.92 Å². The number of nitrogens with zero attached hydrogens (tertiary/aromatic N) is 3. The van der Waals surface area contributed by atoms with Gasteiger partial charge in [0.2, 0.25) is 5.91 Å². The molecule has 1 fully saturated rings. The van der Waals surface area contributed by atoms with E-state index in [4.69, 9.17) is 0 Å². The lowest BCUT2D eigenvalue weighted by Gasteiger charge is -2.16. The van der Waals surface area contributed by atoms with Gasteiger partial charge in [0.15, 0.2) is 0 Å². The summed E-state index contributed by atoms with van der Waals surface area (Å²) in [6, 6.07) is 4.56. The molecule has 5 nitrogen and oxygen atoms in total. The number of carbonyl (C=O) groups is 1. The lowest BCUT2D eigenvalue weighted by molar-refractivity contribution is -0.137. The van der Waals surface area contributed by atoms with Gasteiger partial charge in [-0.15, -0.1) is 0 Å². The fourth-order valence-corrected chi connectivity index (χ4v) is 3.06. The summed E-state index contributed by atoms with van der Waals surface area (Å²) in [4.78, 5) is 22.1. The number of β-amino-alcohol motifs (C(OH)–C–C–N with tert-alkyl or cyclic N) is 1. The van der Waals surface area contributed by atoms with Crippen LogP contribution < -0.4 is 0 Å². The van der Waals surface area contributed by atoms with Crippen molar-refractivity contribution < 1.29 is 23.1 Å². The normalized spacial score (nSPS) is 20.4. The van der Waals surface area contributed by atoms with Gasteiger partial charge in [-0.2, -0.15) is 13.2 Å². The van der Waals surface area contributed by atoms with Gasteiger partial charge in [0.1, 0.15) is 0 Å². The maximum atomic E-state index is 12.6. The molecule has 1 aromatic heterocycles. The minimum Gasteiger partial charge on any atom is -0.391 e. The Morgan fingerprint density at radius 3 is 2.54 bits per heavy atom. The highest BCUT2D eigenvalue weighted by Gasteiger charge is 2.34. The zero-order valence-electron chi connectivity index (χ0n) is 13.9. The van der Waals surface area contributed by atoms with E-state index < -0.39 is 17.8 Å². The van der Waals surface area contributed by atoms with Gasteiger partial charge in [0.25, 0.3) is 0 Å². The topological polar surface area (TPSA) is 66.3 Å². The van der Waals surface area contributed by atoms with Crippen LogP contribution in [0, 0.1) is 5.92 Å². The molecule has 1 aromatic carbocycles. The number of alkyl halides is 3. The van der Waals surface area contributed by atoms with Crippen molar-refractivity contribution in [3.8, 4) is 0 Å². The molecule has 0 spiro atoms.